The Balaban J connectivity index is 2.38. The van der Waals surface area contributed by atoms with Crippen LogP contribution in [-0.4, -0.2) is 61.4 Å². The number of nitrogens with zero attached hydrogens (tertiary/aromatic N) is 2. The highest BCUT2D eigenvalue weighted by molar-refractivity contribution is 5.67. The molecule has 0 saturated carbocycles. The molecule has 4 nitrogen and oxygen atoms in total. The normalized spacial score (nSPS) is 23.3. The van der Waals surface area contributed by atoms with Gasteiger partial charge in [0, 0.05) is 25.7 Å². The van der Waals surface area contributed by atoms with Crippen LogP contribution in [0.15, 0.2) is 0 Å². The molecular formula is C9H15F3N2O2. The zero-order valence-corrected chi connectivity index (χ0v) is 9.25. The van der Waals surface area contributed by atoms with E-state index in [2.05, 4.69) is 4.74 Å². The lowest BCUT2D eigenvalue weighted by Gasteiger charge is -2.36. The van der Waals surface area contributed by atoms with E-state index in [1.807, 2.05) is 18.9 Å². The van der Waals surface area contributed by atoms with Gasteiger partial charge >= 0.3 is 12.3 Å². The quantitative estimate of drug-likeness (QED) is 0.693. The highest BCUT2D eigenvalue weighted by atomic mass is 19.4. The molecule has 1 rings (SSSR count). The van der Waals surface area contributed by atoms with Crippen LogP contribution in [0.5, 0.6) is 0 Å². The zero-order valence-electron chi connectivity index (χ0n) is 9.25. The van der Waals surface area contributed by atoms with E-state index >= 15 is 0 Å². The number of alkyl halides is 3. The number of carbonyl (C=O) groups excluding carboxylic acids is 1. The number of rotatable bonds is 1. The molecule has 1 saturated heterocycles. The van der Waals surface area contributed by atoms with Gasteiger partial charge in [0.1, 0.15) is 0 Å². The molecule has 1 atom stereocenters. The van der Waals surface area contributed by atoms with E-state index in [-0.39, 0.29) is 6.04 Å². The van der Waals surface area contributed by atoms with E-state index in [1.165, 1.54) is 4.90 Å². The minimum atomic E-state index is -4.46. The van der Waals surface area contributed by atoms with Gasteiger partial charge in [-0.1, -0.05) is 0 Å². The Bertz CT molecular complexity index is 258. The van der Waals surface area contributed by atoms with Gasteiger partial charge in [-0.05, 0) is 14.0 Å². The predicted octanol–water partition coefficient (Wildman–Crippen LogP) is 1.32. The van der Waals surface area contributed by atoms with Crippen molar-refractivity contribution in [3.8, 4) is 0 Å². The summed E-state index contributed by atoms with van der Waals surface area (Å²) < 4.78 is 39.6. The van der Waals surface area contributed by atoms with Gasteiger partial charge in [0.15, 0.2) is 6.61 Å². The van der Waals surface area contributed by atoms with E-state index in [9.17, 15) is 18.0 Å². The maximum Gasteiger partial charge on any atom is 0.422 e. The summed E-state index contributed by atoms with van der Waals surface area (Å²) in [5.41, 5.74) is 0. The SMILES string of the molecule is CC1CN(C(=O)OCC(F)(F)F)CCN1C. The van der Waals surface area contributed by atoms with Gasteiger partial charge in [0.05, 0.1) is 0 Å². The Labute approximate surface area is 91.9 Å². The highest BCUT2D eigenvalue weighted by Gasteiger charge is 2.32. The first-order chi connectivity index (χ1) is 7.29. The molecule has 0 aromatic carbocycles. The molecule has 0 aliphatic carbocycles. The summed E-state index contributed by atoms with van der Waals surface area (Å²) in [5.74, 6) is 0. The third kappa shape index (κ3) is 3.88. The van der Waals surface area contributed by atoms with Gasteiger partial charge in [-0.15, -0.1) is 0 Å². The summed E-state index contributed by atoms with van der Waals surface area (Å²) >= 11 is 0. The fourth-order valence-electron chi connectivity index (χ4n) is 1.45. The van der Waals surface area contributed by atoms with Gasteiger partial charge in [0.2, 0.25) is 0 Å². The summed E-state index contributed by atoms with van der Waals surface area (Å²) in [6.45, 7) is 1.82. The lowest BCUT2D eigenvalue weighted by atomic mass is 10.2. The number of halogens is 3. The molecule has 1 fully saturated rings. The molecule has 1 unspecified atom stereocenters. The van der Waals surface area contributed by atoms with Crippen LogP contribution in [0.3, 0.4) is 0 Å². The fraction of sp³-hybridized carbons (Fsp3) is 0.889. The first-order valence-electron chi connectivity index (χ1n) is 4.98. The van der Waals surface area contributed by atoms with Gasteiger partial charge in [-0.3, -0.25) is 0 Å². The van der Waals surface area contributed by atoms with Crippen molar-refractivity contribution in [1.29, 1.82) is 0 Å². The number of likely N-dealkylation sites (N-methyl/N-ethyl adjacent to an activating group) is 1. The molecule has 0 bridgehead atoms. The van der Waals surface area contributed by atoms with Crippen LogP contribution >= 0.6 is 0 Å². The van der Waals surface area contributed by atoms with Crippen molar-refractivity contribution < 1.29 is 22.7 Å². The molecule has 0 spiro atoms. The number of ether oxygens (including phenoxy) is 1. The second kappa shape index (κ2) is 4.90. The molecule has 0 radical (unpaired) electrons. The van der Waals surface area contributed by atoms with Gasteiger partial charge in [-0.25, -0.2) is 4.79 Å². The summed E-state index contributed by atoms with van der Waals surface area (Å²) in [4.78, 5) is 14.6. The van der Waals surface area contributed by atoms with Crippen molar-refractivity contribution in [2.45, 2.75) is 19.1 Å². The third-order valence-corrected chi connectivity index (χ3v) is 2.58. The van der Waals surface area contributed by atoms with Crippen LogP contribution in [0, 0.1) is 0 Å². The Kier molecular flexibility index (Phi) is 4.01. The molecule has 1 aliphatic heterocycles. The number of amides is 1. The van der Waals surface area contributed by atoms with Crippen molar-refractivity contribution in [2.24, 2.45) is 0 Å². The predicted molar refractivity (Wildman–Crippen MR) is 51.1 cm³/mol. The van der Waals surface area contributed by atoms with Crippen molar-refractivity contribution in [2.75, 3.05) is 33.3 Å². The van der Waals surface area contributed by atoms with E-state index in [4.69, 9.17) is 0 Å². The second-order valence-electron chi connectivity index (χ2n) is 3.95. The molecule has 1 heterocycles. The van der Waals surface area contributed by atoms with E-state index in [0.29, 0.717) is 19.6 Å². The van der Waals surface area contributed by atoms with Gasteiger partial charge < -0.3 is 14.5 Å². The summed E-state index contributed by atoms with van der Waals surface area (Å²) in [5, 5.41) is 0. The average Bonchev–Trinajstić information content (AvgIpc) is 2.17. The highest BCUT2D eigenvalue weighted by Crippen LogP contribution is 2.16. The lowest BCUT2D eigenvalue weighted by Crippen LogP contribution is -2.52. The number of piperazine rings is 1. The van der Waals surface area contributed by atoms with Gasteiger partial charge in [0.25, 0.3) is 0 Å². The van der Waals surface area contributed by atoms with E-state index in [0.717, 1.165) is 0 Å². The fourth-order valence-corrected chi connectivity index (χ4v) is 1.45. The largest absolute Gasteiger partial charge is 0.440 e. The van der Waals surface area contributed by atoms with Crippen LogP contribution in [0.4, 0.5) is 18.0 Å². The molecule has 7 heteroatoms. The van der Waals surface area contributed by atoms with Crippen LogP contribution in [0.2, 0.25) is 0 Å². The first-order valence-corrected chi connectivity index (χ1v) is 4.98. The van der Waals surface area contributed by atoms with Crippen LogP contribution in [0.25, 0.3) is 0 Å². The third-order valence-electron chi connectivity index (χ3n) is 2.58. The number of carbonyl (C=O) groups is 1. The topological polar surface area (TPSA) is 32.8 Å². The molecule has 16 heavy (non-hydrogen) atoms. The molecule has 1 aliphatic rings. The maximum absolute atomic E-state index is 11.8. The van der Waals surface area contributed by atoms with Crippen molar-refractivity contribution >= 4 is 6.09 Å². The van der Waals surface area contributed by atoms with Crippen molar-refractivity contribution in [1.82, 2.24) is 9.80 Å². The zero-order chi connectivity index (χ0) is 12.3. The molecule has 1 amide bonds. The maximum atomic E-state index is 11.8. The van der Waals surface area contributed by atoms with Crippen molar-refractivity contribution in [3.05, 3.63) is 0 Å². The van der Waals surface area contributed by atoms with E-state index in [1.54, 1.807) is 0 Å². The van der Waals surface area contributed by atoms with Crippen LogP contribution in [-0.2, 0) is 4.74 Å². The minimum Gasteiger partial charge on any atom is -0.440 e. The summed E-state index contributed by atoms with van der Waals surface area (Å²) in [6, 6.07) is 0.132. The standard InChI is InChI=1S/C9H15F3N2O2/c1-7-5-14(4-3-13(7)2)8(15)16-6-9(10,11)12/h7H,3-6H2,1-2H3. The monoisotopic (exact) mass is 240 g/mol. The van der Waals surface area contributed by atoms with Crippen LogP contribution < -0.4 is 0 Å². The van der Waals surface area contributed by atoms with Crippen molar-refractivity contribution in [3.63, 3.8) is 0 Å². The lowest BCUT2D eigenvalue weighted by molar-refractivity contribution is -0.162. The molecule has 0 N–H and O–H groups in total. The Hall–Kier alpha value is -0.980. The average molecular weight is 240 g/mol. The number of hydrogen-bond donors (Lipinski definition) is 0. The summed E-state index contributed by atoms with van der Waals surface area (Å²) in [7, 11) is 1.91. The van der Waals surface area contributed by atoms with E-state index < -0.39 is 18.9 Å². The first kappa shape index (κ1) is 13.1. The number of hydrogen-bond acceptors (Lipinski definition) is 3. The Morgan fingerprint density at radius 3 is 2.56 bits per heavy atom. The van der Waals surface area contributed by atoms with Gasteiger partial charge in [-0.2, -0.15) is 13.2 Å². The molecular weight excluding hydrogens is 225 g/mol. The Morgan fingerprint density at radius 1 is 1.44 bits per heavy atom. The summed E-state index contributed by atoms with van der Waals surface area (Å²) in [6.07, 6.45) is -5.36. The molecule has 0 aromatic heterocycles. The second-order valence-corrected chi connectivity index (χ2v) is 3.95. The van der Waals surface area contributed by atoms with Crippen LogP contribution in [0.1, 0.15) is 6.92 Å². The molecule has 0 aromatic rings. The Morgan fingerprint density at radius 2 is 2.06 bits per heavy atom. The minimum absolute atomic E-state index is 0.132. The smallest absolute Gasteiger partial charge is 0.422 e. The molecule has 94 valence electrons.